The van der Waals surface area contributed by atoms with Crippen LogP contribution in [0, 0.1) is 0 Å². The number of rotatable bonds is 7. The van der Waals surface area contributed by atoms with Gasteiger partial charge in [-0.05, 0) is 32.4 Å². The summed E-state index contributed by atoms with van der Waals surface area (Å²) in [6, 6.07) is 4.77. The molecule has 0 aromatic carbocycles. The zero-order valence-electron chi connectivity index (χ0n) is 9.99. The van der Waals surface area contributed by atoms with E-state index in [1.807, 2.05) is 0 Å². The van der Waals surface area contributed by atoms with Crippen molar-refractivity contribution in [2.45, 2.75) is 39.4 Å². The lowest BCUT2D eigenvalue weighted by Crippen LogP contribution is -2.27. The summed E-state index contributed by atoms with van der Waals surface area (Å²) in [5.74, 6) is 0. The van der Waals surface area contributed by atoms with E-state index in [9.17, 15) is 0 Å². The zero-order chi connectivity index (χ0) is 11.1. The first kappa shape index (κ1) is 12.3. The monoisotopic (exact) mass is 210 g/mol. The van der Waals surface area contributed by atoms with Gasteiger partial charge in [0.25, 0.3) is 0 Å². The third kappa shape index (κ3) is 4.06. The molecule has 0 aliphatic heterocycles. The van der Waals surface area contributed by atoms with Crippen LogP contribution in [0.25, 0.3) is 0 Å². The van der Waals surface area contributed by atoms with Crippen molar-refractivity contribution in [3.05, 3.63) is 24.0 Å². The SMILES string of the molecule is CCn1cccc1CNC(C)CCOC. The fourth-order valence-electron chi connectivity index (χ4n) is 1.59. The van der Waals surface area contributed by atoms with Gasteiger partial charge in [-0.15, -0.1) is 0 Å². The number of hydrogen-bond donors (Lipinski definition) is 1. The lowest BCUT2D eigenvalue weighted by molar-refractivity contribution is 0.184. The molecule has 0 saturated carbocycles. The van der Waals surface area contributed by atoms with Gasteiger partial charge in [-0.25, -0.2) is 0 Å². The third-order valence-corrected chi connectivity index (χ3v) is 2.65. The van der Waals surface area contributed by atoms with Gasteiger partial charge >= 0.3 is 0 Å². The summed E-state index contributed by atoms with van der Waals surface area (Å²) in [7, 11) is 1.74. The summed E-state index contributed by atoms with van der Waals surface area (Å²) in [6.07, 6.45) is 3.18. The third-order valence-electron chi connectivity index (χ3n) is 2.65. The molecule has 86 valence electrons. The lowest BCUT2D eigenvalue weighted by atomic mass is 10.2. The van der Waals surface area contributed by atoms with Crippen LogP contribution in [0.15, 0.2) is 18.3 Å². The normalized spacial score (nSPS) is 13.0. The van der Waals surface area contributed by atoms with Gasteiger partial charge in [-0.2, -0.15) is 0 Å². The second-order valence-electron chi connectivity index (χ2n) is 3.85. The Hall–Kier alpha value is -0.800. The molecule has 0 aliphatic rings. The summed E-state index contributed by atoms with van der Waals surface area (Å²) < 4.78 is 7.31. The van der Waals surface area contributed by atoms with Crippen LogP contribution in [0.1, 0.15) is 26.0 Å². The van der Waals surface area contributed by atoms with E-state index in [4.69, 9.17) is 4.74 Å². The second-order valence-corrected chi connectivity index (χ2v) is 3.85. The molecule has 15 heavy (non-hydrogen) atoms. The molecule has 0 amide bonds. The molecule has 1 heterocycles. The summed E-state index contributed by atoms with van der Waals surface area (Å²) in [6.45, 7) is 7.15. The minimum atomic E-state index is 0.505. The van der Waals surface area contributed by atoms with Crippen LogP contribution < -0.4 is 5.32 Å². The number of nitrogens with one attached hydrogen (secondary N) is 1. The Morgan fingerprint density at radius 3 is 3.00 bits per heavy atom. The summed E-state index contributed by atoms with van der Waals surface area (Å²) >= 11 is 0. The molecule has 0 spiro atoms. The smallest absolute Gasteiger partial charge is 0.0476 e. The number of hydrogen-bond acceptors (Lipinski definition) is 2. The lowest BCUT2D eigenvalue weighted by Gasteiger charge is -2.14. The van der Waals surface area contributed by atoms with Crippen LogP contribution in [-0.4, -0.2) is 24.3 Å². The zero-order valence-corrected chi connectivity index (χ0v) is 9.99. The average molecular weight is 210 g/mol. The highest BCUT2D eigenvalue weighted by molar-refractivity contribution is 5.06. The van der Waals surface area contributed by atoms with Gasteiger partial charge in [-0.1, -0.05) is 0 Å². The van der Waals surface area contributed by atoms with Crippen LogP contribution in [0.4, 0.5) is 0 Å². The first-order valence-electron chi connectivity index (χ1n) is 5.64. The van der Waals surface area contributed by atoms with Gasteiger partial charge in [-0.3, -0.25) is 0 Å². The Bertz CT molecular complexity index is 270. The summed E-state index contributed by atoms with van der Waals surface area (Å²) in [5.41, 5.74) is 1.35. The summed E-state index contributed by atoms with van der Waals surface area (Å²) in [4.78, 5) is 0. The molecule has 3 heteroatoms. The molecule has 0 radical (unpaired) electrons. The number of nitrogens with zero attached hydrogens (tertiary/aromatic N) is 1. The van der Waals surface area contributed by atoms with Crippen molar-refractivity contribution >= 4 is 0 Å². The number of ether oxygens (including phenoxy) is 1. The van der Waals surface area contributed by atoms with Crippen LogP contribution in [-0.2, 0) is 17.8 Å². The Balaban J connectivity index is 2.30. The van der Waals surface area contributed by atoms with Gasteiger partial charge < -0.3 is 14.6 Å². The van der Waals surface area contributed by atoms with Crippen molar-refractivity contribution in [2.75, 3.05) is 13.7 Å². The fraction of sp³-hybridized carbons (Fsp3) is 0.667. The Kier molecular flexibility index (Phi) is 5.43. The van der Waals surface area contributed by atoms with E-state index in [0.29, 0.717) is 6.04 Å². The van der Waals surface area contributed by atoms with Crippen molar-refractivity contribution in [3.8, 4) is 0 Å². The van der Waals surface area contributed by atoms with Gasteiger partial charge in [0.2, 0.25) is 0 Å². The Morgan fingerprint density at radius 1 is 1.53 bits per heavy atom. The van der Waals surface area contributed by atoms with Crippen LogP contribution >= 0.6 is 0 Å². The largest absolute Gasteiger partial charge is 0.385 e. The average Bonchev–Trinajstić information content (AvgIpc) is 2.70. The predicted octanol–water partition coefficient (Wildman–Crippen LogP) is 2.02. The van der Waals surface area contributed by atoms with E-state index in [0.717, 1.165) is 26.1 Å². The van der Waals surface area contributed by atoms with Crippen molar-refractivity contribution < 1.29 is 4.74 Å². The highest BCUT2D eigenvalue weighted by Crippen LogP contribution is 2.02. The fourth-order valence-corrected chi connectivity index (χ4v) is 1.59. The van der Waals surface area contributed by atoms with Crippen molar-refractivity contribution in [1.82, 2.24) is 9.88 Å². The Labute approximate surface area is 92.4 Å². The maximum atomic E-state index is 5.05. The van der Waals surface area contributed by atoms with Crippen molar-refractivity contribution in [1.29, 1.82) is 0 Å². The maximum Gasteiger partial charge on any atom is 0.0476 e. The number of aryl methyl sites for hydroxylation is 1. The van der Waals surface area contributed by atoms with E-state index in [1.165, 1.54) is 5.69 Å². The van der Waals surface area contributed by atoms with E-state index in [2.05, 4.69) is 42.1 Å². The van der Waals surface area contributed by atoms with E-state index < -0.39 is 0 Å². The topological polar surface area (TPSA) is 26.2 Å². The molecular formula is C12H22N2O. The maximum absolute atomic E-state index is 5.05. The molecular weight excluding hydrogens is 188 g/mol. The minimum absolute atomic E-state index is 0.505. The van der Waals surface area contributed by atoms with Gasteiger partial charge in [0, 0.05) is 44.7 Å². The quantitative estimate of drug-likeness (QED) is 0.745. The van der Waals surface area contributed by atoms with E-state index in [-0.39, 0.29) is 0 Å². The highest BCUT2D eigenvalue weighted by Gasteiger charge is 2.03. The standard InChI is InChI=1S/C12H22N2O/c1-4-14-8-5-6-12(14)10-13-11(2)7-9-15-3/h5-6,8,11,13H,4,7,9-10H2,1-3H3. The highest BCUT2D eigenvalue weighted by atomic mass is 16.5. The predicted molar refractivity (Wildman–Crippen MR) is 62.9 cm³/mol. The molecule has 0 saturated heterocycles. The number of aromatic nitrogens is 1. The van der Waals surface area contributed by atoms with Gasteiger partial charge in [0.05, 0.1) is 0 Å². The molecule has 0 bridgehead atoms. The van der Waals surface area contributed by atoms with Crippen molar-refractivity contribution in [2.24, 2.45) is 0 Å². The molecule has 0 aliphatic carbocycles. The Morgan fingerprint density at radius 2 is 2.33 bits per heavy atom. The molecule has 0 fully saturated rings. The van der Waals surface area contributed by atoms with E-state index in [1.54, 1.807) is 7.11 Å². The van der Waals surface area contributed by atoms with Gasteiger partial charge in [0.1, 0.15) is 0 Å². The van der Waals surface area contributed by atoms with E-state index >= 15 is 0 Å². The molecule has 3 nitrogen and oxygen atoms in total. The van der Waals surface area contributed by atoms with Crippen LogP contribution in [0.2, 0.25) is 0 Å². The minimum Gasteiger partial charge on any atom is -0.385 e. The number of methoxy groups -OCH3 is 1. The molecule has 1 atom stereocenters. The van der Waals surface area contributed by atoms with Crippen LogP contribution in [0.5, 0.6) is 0 Å². The molecule has 1 N–H and O–H groups in total. The molecule has 1 unspecified atom stereocenters. The first-order chi connectivity index (χ1) is 7.27. The molecule has 1 aromatic heterocycles. The van der Waals surface area contributed by atoms with Crippen LogP contribution in [0.3, 0.4) is 0 Å². The molecule has 1 aromatic rings. The van der Waals surface area contributed by atoms with Gasteiger partial charge in [0.15, 0.2) is 0 Å². The second kappa shape index (κ2) is 6.64. The molecule has 1 rings (SSSR count). The summed E-state index contributed by atoms with van der Waals surface area (Å²) in [5, 5.41) is 3.49. The van der Waals surface area contributed by atoms with Crippen molar-refractivity contribution in [3.63, 3.8) is 0 Å². The first-order valence-corrected chi connectivity index (χ1v) is 5.64.